The zero-order chi connectivity index (χ0) is 25.2. The van der Waals surface area contributed by atoms with E-state index in [0.29, 0.717) is 28.3 Å². The number of nitrogens with zero attached hydrogens (tertiary/aromatic N) is 3. The zero-order valence-electron chi connectivity index (χ0n) is 18.6. The number of ether oxygens (including phenoxy) is 4. The number of aliphatic hydroxyl groups is 2. The molecule has 4 atom stereocenters. The summed E-state index contributed by atoms with van der Waals surface area (Å²) in [6, 6.07) is 3.35. The van der Waals surface area contributed by atoms with Crippen LogP contribution in [0.1, 0.15) is 5.56 Å². The van der Waals surface area contributed by atoms with Gasteiger partial charge in [-0.1, -0.05) is 0 Å². The predicted molar refractivity (Wildman–Crippen MR) is 118 cm³/mol. The molecule has 0 radical (unpaired) electrons. The molecule has 3 aromatic rings. The lowest BCUT2D eigenvalue weighted by Gasteiger charge is -2.22. The number of aromatic nitrogens is 4. The molecule has 0 spiro atoms. The molecule has 16 heteroatoms. The van der Waals surface area contributed by atoms with Gasteiger partial charge in [0.15, 0.2) is 23.0 Å². The van der Waals surface area contributed by atoms with Gasteiger partial charge in [0.2, 0.25) is 12.0 Å². The van der Waals surface area contributed by atoms with Gasteiger partial charge in [-0.15, -0.1) is 0 Å². The van der Waals surface area contributed by atoms with Crippen molar-refractivity contribution in [3.63, 3.8) is 0 Å². The number of aromatic amines is 1. The summed E-state index contributed by atoms with van der Waals surface area (Å²) < 4.78 is 37.6. The molecule has 4 rings (SSSR count). The molecule has 3 heterocycles. The Balaban J connectivity index is 1.58. The molecule has 0 amide bonds. The number of anilines is 1. The monoisotopic (exact) mass is 513 g/mol. The predicted octanol–water partition coefficient (Wildman–Crippen LogP) is -0.0830. The lowest BCUT2D eigenvalue weighted by Crippen LogP contribution is -2.36. The Morgan fingerprint density at radius 1 is 1.11 bits per heavy atom. The van der Waals surface area contributed by atoms with E-state index >= 15 is 0 Å². The first-order valence-electron chi connectivity index (χ1n) is 10.2. The molecule has 15 nitrogen and oxygen atoms in total. The van der Waals surface area contributed by atoms with E-state index in [1.807, 2.05) is 0 Å². The van der Waals surface area contributed by atoms with Crippen molar-refractivity contribution < 1.29 is 48.0 Å². The number of fused-ring (bicyclic) bond motifs is 1. The SMILES string of the molecule is COc1ccc(CNc2ncnc3nc[nH]c23)c(OC2O[C@H](COP(=O)(O)O)[C@@H](O)[C@H]2O)c1OC. The number of hydrogen-bond donors (Lipinski definition) is 6. The molecule has 1 aromatic carbocycles. The minimum Gasteiger partial charge on any atom is -0.493 e. The molecule has 1 fully saturated rings. The van der Waals surface area contributed by atoms with E-state index in [4.69, 9.17) is 28.7 Å². The first-order chi connectivity index (χ1) is 16.7. The van der Waals surface area contributed by atoms with E-state index in [0.717, 1.165) is 0 Å². The average Bonchev–Trinajstić information content (AvgIpc) is 3.42. The maximum absolute atomic E-state index is 11.0. The molecular formula is C19H24N5O10P. The third kappa shape index (κ3) is 5.46. The number of rotatable bonds is 10. The van der Waals surface area contributed by atoms with Crippen LogP contribution in [0.15, 0.2) is 24.8 Å². The summed E-state index contributed by atoms with van der Waals surface area (Å²) in [6.45, 7) is -0.489. The van der Waals surface area contributed by atoms with Crippen LogP contribution in [0.4, 0.5) is 5.82 Å². The summed E-state index contributed by atoms with van der Waals surface area (Å²) in [6.07, 6.45) is -2.89. The second kappa shape index (κ2) is 10.3. The lowest BCUT2D eigenvalue weighted by atomic mass is 10.1. The molecule has 1 aliphatic rings. The second-order valence-corrected chi connectivity index (χ2v) is 8.63. The van der Waals surface area contributed by atoms with Crippen molar-refractivity contribution in [2.45, 2.75) is 31.1 Å². The summed E-state index contributed by atoms with van der Waals surface area (Å²) in [7, 11) is -1.97. The highest BCUT2D eigenvalue weighted by Crippen LogP contribution is 2.42. The Kier molecular flexibility index (Phi) is 7.37. The molecule has 1 unspecified atom stereocenters. The van der Waals surface area contributed by atoms with Gasteiger partial charge < -0.3 is 49.2 Å². The number of phosphoric ester groups is 1. The normalized spacial score (nSPS) is 22.3. The summed E-state index contributed by atoms with van der Waals surface area (Å²) in [4.78, 5) is 33.1. The second-order valence-electron chi connectivity index (χ2n) is 7.39. The van der Waals surface area contributed by atoms with Crippen molar-refractivity contribution in [1.82, 2.24) is 19.9 Å². The standard InChI is InChI=1S/C19H24N5O10P/c1-30-10-4-3-9(5-20-17-12-18(22-7-21-12)24-8-23-17)15(16(10)31-2)34-19-14(26)13(25)11(33-19)6-32-35(27,28)29/h3-4,7-8,11,13-14,19,25-26H,5-6H2,1-2H3,(H2,27,28,29)(H2,20,21,22,23,24)/t11-,13-,14-,19?/m1/s1. The van der Waals surface area contributed by atoms with E-state index in [2.05, 4.69) is 29.8 Å². The number of phosphoric acid groups is 1. The minimum atomic E-state index is -4.81. The molecule has 0 saturated carbocycles. The van der Waals surface area contributed by atoms with E-state index in [-0.39, 0.29) is 18.0 Å². The first-order valence-corrected chi connectivity index (χ1v) is 11.7. The fourth-order valence-electron chi connectivity index (χ4n) is 3.52. The Labute approximate surface area is 198 Å². The van der Waals surface area contributed by atoms with E-state index < -0.39 is 39.0 Å². The van der Waals surface area contributed by atoms with Crippen LogP contribution in [-0.2, 0) is 20.4 Å². The Morgan fingerprint density at radius 2 is 1.91 bits per heavy atom. The van der Waals surface area contributed by atoms with Gasteiger partial charge in [0.1, 0.15) is 30.2 Å². The van der Waals surface area contributed by atoms with Crippen molar-refractivity contribution in [3.8, 4) is 17.2 Å². The summed E-state index contributed by atoms with van der Waals surface area (Å²) in [5, 5.41) is 23.8. The van der Waals surface area contributed by atoms with Crippen molar-refractivity contribution in [1.29, 1.82) is 0 Å². The summed E-state index contributed by atoms with van der Waals surface area (Å²) >= 11 is 0. The number of imidazole rings is 1. The largest absolute Gasteiger partial charge is 0.493 e. The Bertz CT molecular complexity index is 1220. The molecule has 0 bridgehead atoms. The molecule has 2 aromatic heterocycles. The van der Waals surface area contributed by atoms with Crippen molar-refractivity contribution >= 4 is 24.8 Å². The number of methoxy groups -OCH3 is 2. The van der Waals surface area contributed by atoms with Gasteiger partial charge in [-0.25, -0.2) is 19.5 Å². The highest BCUT2D eigenvalue weighted by atomic mass is 31.2. The van der Waals surface area contributed by atoms with Crippen LogP contribution >= 0.6 is 7.82 Å². The highest BCUT2D eigenvalue weighted by Gasteiger charge is 2.45. The zero-order valence-corrected chi connectivity index (χ0v) is 19.5. The van der Waals surface area contributed by atoms with Crippen LogP contribution in [0.5, 0.6) is 17.2 Å². The van der Waals surface area contributed by atoms with Gasteiger partial charge in [-0.05, 0) is 12.1 Å². The molecule has 1 aliphatic heterocycles. The number of nitrogens with one attached hydrogen (secondary N) is 2. The van der Waals surface area contributed by atoms with Crippen molar-refractivity contribution in [2.75, 3.05) is 26.1 Å². The number of hydrogen-bond acceptors (Lipinski definition) is 12. The van der Waals surface area contributed by atoms with Gasteiger partial charge in [-0.2, -0.15) is 0 Å². The van der Waals surface area contributed by atoms with E-state index in [1.54, 1.807) is 12.1 Å². The third-order valence-corrected chi connectivity index (χ3v) is 5.70. The van der Waals surface area contributed by atoms with E-state index in [1.165, 1.54) is 26.9 Å². The Hall–Kier alpha value is -3.04. The van der Waals surface area contributed by atoms with Crippen LogP contribution in [-0.4, -0.2) is 85.4 Å². The maximum Gasteiger partial charge on any atom is 0.469 e. The molecule has 0 aliphatic carbocycles. The lowest BCUT2D eigenvalue weighted by molar-refractivity contribution is -0.116. The van der Waals surface area contributed by atoms with Gasteiger partial charge >= 0.3 is 7.82 Å². The molecule has 190 valence electrons. The average molecular weight is 513 g/mol. The summed E-state index contributed by atoms with van der Waals surface area (Å²) in [5.74, 6) is 1.15. The minimum absolute atomic E-state index is 0.141. The van der Waals surface area contributed by atoms with Gasteiger partial charge in [-0.3, -0.25) is 4.52 Å². The van der Waals surface area contributed by atoms with Crippen LogP contribution in [0, 0.1) is 0 Å². The smallest absolute Gasteiger partial charge is 0.469 e. The number of H-pyrrole nitrogens is 1. The molecular weight excluding hydrogens is 489 g/mol. The quantitative estimate of drug-likeness (QED) is 0.196. The van der Waals surface area contributed by atoms with Crippen LogP contribution < -0.4 is 19.5 Å². The van der Waals surface area contributed by atoms with Crippen LogP contribution in [0.2, 0.25) is 0 Å². The fourth-order valence-corrected chi connectivity index (χ4v) is 3.86. The summed E-state index contributed by atoms with van der Waals surface area (Å²) in [5.41, 5.74) is 1.63. The Morgan fingerprint density at radius 3 is 2.63 bits per heavy atom. The van der Waals surface area contributed by atoms with Crippen molar-refractivity contribution in [3.05, 3.63) is 30.4 Å². The molecule has 6 N–H and O–H groups in total. The van der Waals surface area contributed by atoms with E-state index in [9.17, 15) is 14.8 Å². The molecule has 1 saturated heterocycles. The molecule has 35 heavy (non-hydrogen) atoms. The van der Waals surface area contributed by atoms with Crippen LogP contribution in [0.25, 0.3) is 11.2 Å². The maximum atomic E-state index is 11.0. The first kappa shape index (κ1) is 25.1. The van der Waals surface area contributed by atoms with Gasteiger partial charge in [0.25, 0.3) is 0 Å². The topological polar surface area (TPSA) is 211 Å². The van der Waals surface area contributed by atoms with Crippen LogP contribution in [0.3, 0.4) is 0 Å². The van der Waals surface area contributed by atoms with Gasteiger partial charge in [0, 0.05) is 12.1 Å². The number of aliphatic hydroxyl groups excluding tert-OH is 2. The fraction of sp³-hybridized carbons (Fsp3) is 0.421. The number of benzene rings is 1. The third-order valence-electron chi connectivity index (χ3n) is 5.21. The van der Waals surface area contributed by atoms with Crippen molar-refractivity contribution in [2.24, 2.45) is 0 Å². The van der Waals surface area contributed by atoms with Gasteiger partial charge in [0.05, 0.1) is 27.2 Å². The highest BCUT2D eigenvalue weighted by molar-refractivity contribution is 7.46.